The highest BCUT2D eigenvalue weighted by atomic mass is 35.5. The highest BCUT2D eigenvalue weighted by Gasteiger charge is 2.27. The number of pyridine rings is 1. The van der Waals surface area contributed by atoms with Gasteiger partial charge in [0.1, 0.15) is 0 Å². The van der Waals surface area contributed by atoms with Gasteiger partial charge in [-0.3, -0.25) is 9.78 Å². The molecule has 2 atom stereocenters. The summed E-state index contributed by atoms with van der Waals surface area (Å²) >= 11 is 0. The Labute approximate surface area is 118 Å². The maximum absolute atomic E-state index is 11.8. The lowest BCUT2D eigenvalue weighted by Gasteiger charge is -2.10. The number of anilines is 1. The SMILES string of the molecule is Cc1cc(NC(=O)C2CC(O)CN2)ccn1.Cl.Cl. The smallest absolute Gasteiger partial charge is 0.241 e. The van der Waals surface area contributed by atoms with Crippen LogP contribution in [0.4, 0.5) is 5.69 Å². The molecule has 7 heteroatoms. The molecule has 1 aromatic heterocycles. The minimum absolute atomic E-state index is 0. The zero-order valence-electron chi connectivity index (χ0n) is 9.92. The third kappa shape index (κ3) is 4.42. The number of aliphatic hydroxyl groups is 1. The van der Waals surface area contributed by atoms with Crippen LogP contribution >= 0.6 is 24.8 Å². The van der Waals surface area contributed by atoms with Crippen molar-refractivity contribution in [3.05, 3.63) is 24.0 Å². The second-order valence-corrected chi connectivity index (χ2v) is 4.03. The number of aryl methyl sites for hydroxylation is 1. The van der Waals surface area contributed by atoms with Crippen LogP contribution in [0.2, 0.25) is 0 Å². The normalized spacial score (nSPS) is 21.7. The summed E-state index contributed by atoms with van der Waals surface area (Å²) in [5.41, 5.74) is 1.60. The summed E-state index contributed by atoms with van der Waals surface area (Å²) in [5, 5.41) is 15.1. The number of nitrogens with one attached hydrogen (secondary N) is 2. The molecule has 2 unspecified atom stereocenters. The van der Waals surface area contributed by atoms with E-state index in [-0.39, 0.29) is 36.8 Å². The highest BCUT2D eigenvalue weighted by Crippen LogP contribution is 2.11. The molecular formula is C11H17Cl2N3O2. The van der Waals surface area contributed by atoms with Crippen LogP contribution < -0.4 is 10.6 Å². The molecule has 18 heavy (non-hydrogen) atoms. The molecule has 1 aromatic rings. The summed E-state index contributed by atoms with van der Waals surface area (Å²) < 4.78 is 0. The molecule has 2 heterocycles. The standard InChI is InChI=1S/C11H15N3O2.2ClH/c1-7-4-8(2-3-12-7)14-11(16)10-5-9(15)6-13-10;;/h2-4,9-10,13,15H,5-6H2,1H3,(H,12,14,16);2*1H. The van der Waals surface area contributed by atoms with Gasteiger partial charge in [-0.15, -0.1) is 24.8 Å². The van der Waals surface area contributed by atoms with Crippen molar-refractivity contribution in [3.8, 4) is 0 Å². The fourth-order valence-electron chi connectivity index (χ4n) is 1.77. The molecule has 1 aliphatic rings. The van der Waals surface area contributed by atoms with Crippen LogP contribution in [0.25, 0.3) is 0 Å². The van der Waals surface area contributed by atoms with Crippen LogP contribution in [0.15, 0.2) is 18.3 Å². The lowest BCUT2D eigenvalue weighted by atomic mass is 10.2. The Hall–Kier alpha value is -0.880. The van der Waals surface area contributed by atoms with Crippen molar-refractivity contribution < 1.29 is 9.90 Å². The summed E-state index contributed by atoms with van der Waals surface area (Å²) in [4.78, 5) is 15.8. The average molecular weight is 294 g/mol. The highest BCUT2D eigenvalue weighted by molar-refractivity contribution is 5.95. The number of hydrogen-bond donors (Lipinski definition) is 3. The van der Waals surface area contributed by atoms with Crippen molar-refractivity contribution in [2.24, 2.45) is 0 Å². The van der Waals surface area contributed by atoms with E-state index in [1.54, 1.807) is 12.3 Å². The molecule has 0 spiro atoms. The van der Waals surface area contributed by atoms with Gasteiger partial charge in [0, 0.05) is 24.1 Å². The molecule has 1 saturated heterocycles. The zero-order valence-corrected chi connectivity index (χ0v) is 11.6. The minimum atomic E-state index is -0.421. The molecule has 1 fully saturated rings. The van der Waals surface area contributed by atoms with Gasteiger partial charge in [-0.25, -0.2) is 0 Å². The number of carbonyl (C=O) groups excluding carboxylic acids is 1. The Morgan fingerprint density at radius 1 is 1.56 bits per heavy atom. The Morgan fingerprint density at radius 2 is 2.28 bits per heavy atom. The molecule has 1 aliphatic heterocycles. The van der Waals surface area contributed by atoms with Gasteiger partial charge in [0.15, 0.2) is 0 Å². The number of aliphatic hydroxyl groups excluding tert-OH is 1. The van der Waals surface area contributed by atoms with E-state index in [9.17, 15) is 9.90 Å². The molecule has 0 bridgehead atoms. The molecule has 0 aliphatic carbocycles. The van der Waals surface area contributed by atoms with Gasteiger partial charge in [0.05, 0.1) is 12.1 Å². The third-order valence-corrected chi connectivity index (χ3v) is 2.59. The molecule has 0 radical (unpaired) electrons. The fourth-order valence-corrected chi connectivity index (χ4v) is 1.77. The van der Waals surface area contributed by atoms with E-state index in [4.69, 9.17) is 0 Å². The molecule has 0 aromatic carbocycles. The van der Waals surface area contributed by atoms with Crippen molar-refractivity contribution >= 4 is 36.4 Å². The van der Waals surface area contributed by atoms with E-state index >= 15 is 0 Å². The lowest BCUT2D eigenvalue weighted by molar-refractivity contribution is -0.117. The molecule has 2 rings (SSSR count). The number of rotatable bonds is 2. The topological polar surface area (TPSA) is 74.2 Å². The number of hydrogen-bond acceptors (Lipinski definition) is 4. The number of nitrogens with zero attached hydrogens (tertiary/aromatic N) is 1. The summed E-state index contributed by atoms with van der Waals surface area (Å²) in [6.07, 6.45) is 1.70. The second-order valence-electron chi connectivity index (χ2n) is 4.03. The van der Waals surface area contributed by atoms with Gasteiger partial charge in [0.2, 0.25) is 5.91 Å². The van der Waals surface area contributed by atoms with Crippen molar-refractivity contribution in [1.82, 2.24) is 10.3 Å². The Kier molecular flexibility index (Phi) is 7.16. The van der Waals surface area contributed by atoms with E-state index in [0.29, 0.717) is 13.0 Å². The predicted molar refractivity (Wildman–Crippen MR) is 74.5 cm³/mol. The largest absolute Gasteiger partial charge is 0.392 e. The van der Waals surface area contributed by atoms with E-state index in [0.717, 1.165) is 11.4 Å². The quantitative estimate of drug-likeness (QED) is 0.757. The van der Waals surface area contributed by atoms with Crippen LogP contribution in [0.3, 0.4) is 0 Å². The first-order valence-corrected chi connectivity index (χ1v) is 5.30. The van der Waals surface area contributed by atoms with Gasteiger partial charge in [-0.2, -0.15) is 0 Å². The number of β-amino-alcohol motifs (C(OH)–C–C–N with tert-alkyl or cyclic N) is 1. The van der Waals surface area contributed by atoms with Crippen molar-refractivity contribution in [3.63, 3.8) is 0 Å². The summed E-state index contributed by atoms with van der Waals surface area (Å²) in [7, 11) is 0. The van der Waals surface area contributed by atoms with Crippen molar-refractivity contribution in [2.45, 2.75) is 25.5 Å². The van der Waals surface area contributed by atoms with Crippen LogP contribution in [-0.4, -0.2) is 34.7 Å². The first-order valence-electron chi connectivity index (χ1n) is 5.30. The van der Waals surface area contributed by atoms with E-state index in [1.165, 1.54) is 0 Å². The maximum Gasteiger partial charge on any atom is 0.241 e. The molecule has 102 valence electrons. The summed E-state index contributed by atoms with van der Waals surface area (Å²) in [6, 6.07) is 3.25. The summed E-state index contributed by atoms with van der Waals surface area (Å²) in [6.45, 7) is 2.35. The van der Waals surface area contributed by atoms with Crippen LogP contribution in [0, 0.1) is 6.92 Å². The van der Waals surface area contributed by atoms with Crippen LogP contribution in [0.1, 0.15) is 12.1 Å². The molecule has 3 N–H and O–H groups in total. The first-order chi connectivity index (χ1) is 7.65. The first kappa shape index (κ1) is 17.1. The fraction of sp³-hybridized carbons (Fsp3) is 0.455. The van der Waals surface area contributed by atoms with Crippen molar-refractivity contribution in [1.29, 1.82) is 0 Å². The molecule has 1 amide bonds. The van der Waals surface area contributed by atoms with Gasteiger partial charge in [-0.05, 0) is 25.5 Å². The van der Waals surface area contributed by atoms with Gasteiger partial charge in [-0.1, -0.05) is 0 Å². The monoisotopic (exact) mass is 293 g/mol. The van der Waals surface area contributed by atoms with Crippen LogP contribution in [0.5, 0.6) is 0 Å². The third-order valence-electron chi connectivity index (χ3n) is 2.59. The van der Waals surface area contributed by atoms with Gasteiger partial charge in [0.25, 0.3) is 0 Å². The number of carbonyl (C=O) groups is 1. The second kappa shape index (κ2) is 7.53. The maximum atomic E-state index is 11.8. The minimum Gasteiger partial charge on any atom is -0.392 e. The van der Waals surface area contributed by atoms with E-state index in [1.807, 2.05) is 13.0 Å². The number of halogens is 2. The summed E-state index contributed by atoms with van der Waals surface area (Å²) in [5.74, 6) is -0.109. The van der Waals surface area contributed by atoms with Gasteiger partial charge >= 0.3 is 0 Å². The Bertz CT molecular complexity index is 404. The van der Waals surface area contributed by atoms with E-state index < -0.39 is 6.10 Å². The predicted octanol–water partition coefficient (Wildman–Crippen LogP) is 0.895. The van der Waals surface area contributed by atoms with Crippen molar-refractivity contribution in [2.75, 3.05) is 11.9 Å². The zero-order chi connectivity index (χ0) is 11.5. The molecular weight excluding hydrogens is 277 g/mol. The van der Waals surface area contributed by atoms with Crippen LogP contribution in [-0.2, 0) is 4.79 Å². The van der Waals surface area contributed by atoms with E-state index in [2.05, 4.69) is 15.6 Å². The Morgan fingerprint density at radius 3 is 2.83 bits per heavy atom. The van der Waals surface area contributed by atoms with Gasteiger partial charge < -0.3 is 15.7 Å². The Balaban J connectivity index is 0.00000144. The average Bonchev–Trinajstić information content (AvgIpc) is 2.65. The molecule has 0 saturated carbocycles. The lowest BCUT2D eigenvalue weighted by Crippen LogP contribution is -2.35. The number of amides is 1. The number of aromatic nitrogens is 1. The molecule has 5 nitrogen and oxygen atoms in total.